The zero-order valence-electron chi connectivity index (χ0n) is 30.8. The van der Waals surface area contributed by atoms with Crippen molar-refractivity contribution >= 4 is 75.3 Å². The summed E-state index contributed by atoms with van der Waals surface area (Å²) in [4.78, 5) is 5.44. The summed E-state index contributed by atoms with van der Waals surface area (Å²) in [6.07, 6.45) is 0. The summed E-state index contributed by atoms with van der Waals surface area (Å²) >= 11 is 1.86. The molecule has 4 heteroatoms. The fourth-order valence-electron chi connectivity index (χ4n) is 8.90. The van der Waals surface area contributed by atoms with Crippen LogP contribution in [0.25, 0.3) is 109 Å². The van der Waals surface area contributed by atoms with Crippen LogP contribution in [-0.4, -0.2) is 14.1 Å². The largest absolute Gasteiger partial charge is 0.309 e. The third kappa shape index (κ3) is 5.01. The molecule has 0 radical (unpaired) electrons. The van der Waals surface area contributed by atoms with Gasteiger partial charge in [-0.05, 0) is 89.0 Å². The molecule has 0 bridgehead atoms. The minimum Gasteiger partial charge on any atom is -0.309 e. The Morgan fingerprint density at radius 2 is 0.930 bits per heavy atom. The first-order valence-corrected chi connectivity index (χ1v) is 20.2. The highest BCUT2D eigenvalue weighted by atomic mass is 32.1. The third-order valence-electron chi connectivity index (χ3n) is 11.5. The molecule has 0 saturated heterocycles. The maximum Gasteiger partial charge on any atom is 0.0985 e. The SMILES string of the molecule is c1ccc(-c2cc(-c3ccccc3)cc(-n3c4ccccc4c4cc(-n5c6ccc(-c7ccccc7)nc6c6c7sc8ccccc8c7ccc65)ccc43)c2)cc1. The van der Waals surface area contributed by atoms with Crippen LogP contribution in [0.5, 0.6) is 0 Å². The lowest BCUT2D eigenvalue weighted by molar-refractivity contribution is 1.16. The molecule has 8 aromatic carbocycles. The molecule has 0 atom stereocenters. The highest BCUT2D eigenvalue weighted by Gasteiger charge is 2.21. The number of nitrogens with zero attached hydrogens (tertiary/aromatic N) is 3. The van der Waals surface area contributed by atoms with Gasteiger partial charge in [-0.15, -0.1) is 11.3 Å². The molecule has 0 saturated carbocycles. The van der Waals surface area contributed by atoms with Gasteiger partial charge in [0.05, 0.1) is 33.3 Å². The van der Waals surface area contributed by atoms with E-state index in [1.54, 1.807) is 0 Å². The van der Waals surface area contributed by atoms with Crippen molar-refractivity contribution in [2.45, 2.75) is 0 Å². The van der Waals surface area contributed by atoms with Crippen molar-refractivity contribution in [1.29, 1.82) is 0 Å². The molecule has 12 rings (SSSR count). The molecule has 0 aliphatic heterocycles. The predicted molar refractivity (Wildman–Crippen MR) is 242 cm³/mol. The summed E-state index contributed by atoms with van der Waals surface area (Å²) in [7, 11) is 0. The average molecular weight is 744 g/mol. The van der Waals surface area contributed by atoms with Crippen molar-refractivity contribution in [3.63, 3.8) is 0 Å². The number of pyridine rings is 1. The molecule has 4 heterocycles. The van der Waals surface area contributed by atoms with Crippen LogP contribution >= 0.6 is 11.3 Å². The van der Waals surface area contributed by atoms with Crippen molar-refractivity contribution in [3.8, 4) is 44.9 Å². The second kappa shape index (κ2) is 12.6. The molecule has 0 aliphatic carbocycles. The monoisotopic (exact) mass is 743 g/mol. The number of hydrogen-bond donors (Lipinski definition) is 0. The Hall–Kier alpha value is -7.27. The summed E-state index contributed by atoms with van der Waals surface area (Å²) in [5.41, 5.74) is 14.7. The van der Waals surface area contributed by atoms with Crippen LogP contribution in [0.2, 0.25) is 0 Å². The summed E-state index contributed by atoms with van der Waals surface area (Å²) in [6, 6.07) is 72.5. The second-order valence-electron chi connectivity index (χ2n) is 14.8. The molecule has 0 amide bonds. The predicted octanol–water partition coefficient (Wildman–Crippen LogP) is 14.6. The molecule has 0 N–H and O–H groups in total. The maximum absolute atomic E-state index is 5.44. The van der Waals surface area contributed by atoms with E-state index in [1.807, 2.05) is 11.3 Å². The van der Waals surface area contributed by atoms with E-state index in [1.165, 1.54) is 69.6 Å². The number of benzene rings is 8. The maximum atomic E-state index is 5.44. The van der Waals surface area contributed by atoms with Gasteiger partial charge in [0.2, 0.25) is 0 Å². The molecule has 4 aromatic heterocycles. The van der Waals surface area contributed by atoms with E-state index >= 15 is 0 Å². The quantitative estimate of drug-likeness (QED) is 0.172. The fourth-order valence-corrected chi connectivity index (χ4v) is 10.1. The Morgan fingerprint density at radius 1 is 0.351 bits per heavy atom. The highest BCUT2D eigenvalue weighted by Crippen LogP contribution is 2.44. The molecule has 12 aromatic rings. The number of fused-ring (bicyclic) bond motifs is 10. The van der Waals surface area contributed by atoms with Crippen LogP contribution in [-0.2, 0) is 0 Å². The first-order valence-electron chi connectivity index (χ1n) is 19.4. The Labute approximate surface area is 333 Å². The Bertz CT molecular complexity index is 3440. The zero-order valence-corrected chi connectivity index (χ0v) is 31.6. The van der Waals surface area contributed by atoms with E-state index in [-0.39, 0.29) is 0 Å². The van der Waals surface area contributed by atoms with Gasteiger partial charge in [-0.2, -0.15) is 0 Å². The normalized spacial score (nSPS) is 11.9. The summed E-state index contributed by atoms with van der Waals surface area (Å²) in [5, 5.41) is 6.20. The van der Waals surface area contributed by atoms with Gasteiger partial charge in [-0.1, -0.05) is 133 Å². The molecule has 266 valence electrons. The second-order valence-corrected chi connectivity index (χ2v) is 15.8. The van der Waals surface area contributed by atoms with Crippen LogP contribution in [0, 0.1) is 0 Å². The van der Waals surface area contributed by atoms with Crippen LogP contribution in [0.4, 0.5) is 0 Å². The lowest BCUT2D eigenvalue weighted by Gasteiger charge is -2.14. The van der Waals surface area contributed by atoms with Crippen LogP contribution in [0.15, 0.2) is 200 Å². The van der Waals surface area contributed by atoms with E-state index in [0.29, 0.717) is 0 Å². The zero-order chi connectivity index (χ0) is 37.5. The molecule has 0 aliphatic rings. The Morgan fingerprint density at radius 3 is 1.67 bits per heavy atom. The lowest BCUT2D eigenvalue weighted by atomic mass is 9.98. The smallest absolute Gasteiger partial charge is 0.0985 e. The average Bonchev–Trinajstić information content (AvgIpc) is 3.94. The van der Waals surface area contributed by atoms with Crippen LogP contribution < -0.4 is 0 Å². The molecule has 57 heavy (non-hydrogen) atoms. The van der Waals surface area contributed by atoms with Gasteiger partial charge < -0.3 is 9.13 Å². The lowest BCUT2D eigenvalue weighted by Crippen LogP contribution is -1.97. The Balaban J connectivity index is 1.12. The molecular weight excluding hydrogens is 711 g/mol. The van der Waals surface area contributed by atoms with Gasteiger partial charge >= 0.3 is 0 Å². The third-order valence-corrected chi connectivity index (χ3v) is 12.7. The summed E-state index contributed by atoms with van der Waals surface area (Å²) in [5.74, 6) is 0. The number of thiophene rings is 1. The van der Waals surface area contributed by atoms with E-state index in [4.69, 9.17) is 4.98 Å². The van der Waals surface area contributed by atoms with Crippen molar-refractivity contribution in [2.75, 3.05) is 0 Å². The van der Waals surface area contributed by atoms with Crippen molar-refractivity contribution in [3.05, 3.63) is 200 Å². The summed E-state index contributed by atoms with van der Waals surface area (Å²) in [6.45, 7) is 0. The van der Waals surface area contributed by atoms with Gasteiger partial charge in [0.25, 0.3) is 0 Å². The number of rotatable bonds is 5. The minimum absolute atomic E-state index is 0.978. The molecule has 0 unspecified atom stereocenters. The van der Waals surface area contributed by atoms with E-state index in [2.05, 4.69) is 209 Å². The van der Waals surface area contributed by atoms with E-state index in [0.717, 1.165) is 39.2 Å². The first-order chi connectivity index (χ1) is 28.3. The summed E-state index contributed by atoms with van der Waals surface area (Å²) < 4.78 is 7.43. The molecule has 0 fully saturated rings. The van der Waals surface area contributed by atoms with E-state index in [9.17, 15) is 0 Å². The molecular formula is C53H33N3S. The van der Waals surface area contributed by atoms with Crippen LogP contribution in [0.3, 0.4) is 0 Å². The van der Waals surface area contributed by atoms with Gasteiger partial charge in [0, 0.05) is 53.3 Å². The standard InChI is InChI=1S/C53H33N3S/c1-4-14-34(15-5-1)37-30-38(35-16-6-2-7-17-35)32-40(31-37)56-46-22-12-10-20-41(46)44-33-39(24-27-47(44)56)55-48-28-25-43-42-21-11-13-23-50(42)57-53(43)51(48)52-49(55)29-26-45(54-52)36-18-8-3-9-19-36/h1-33H. The van der Waals surface area contributed by atoms with Gasteiger partial charge in [0.1, 0.15) is 0 Å². The number of aromatic nitrogens is 3. The number of hydrogen-bond acceptors (Lipinski definition) is 2. The Kier molecular flexibility index (Phi) is 7.10. The van der Waals surface area contributed by atoms with Gasteiger partial charge in [-0.25, -0.2) is 4.98 Å². The topological polar surface area (TPSA) is 22.8 Å². The highest BCUT2D eigenvalue weighted by molar-refractivity contribution is 7.26. The van der Waals surface area contributed by atoms with Crippen LogP contribution in [0.1, 0.15) is 0 Å². The molecule has 0 spiro atoms. The van der Waals surface area contributed by atoms with Gasteiger partial charge in [-0.3, -0.25) is 0 Å². The fraction of sp³-hybridized carbons (Fsp3) is 0. The van der Waals surface area contributed by atoms with Crippen molar-refractivity contribution in [2.24, 2.45) is 0 Å². The van der Waals surface area contributed by atoms with Gasteiger partial charge in [0.15, 0.2) is 0 Å². The number of para-hydroxylation sites is 1. The first kappa shape index (κ1) is 32.0. The van der Waals surface area contributed by atoms with Crippen molar-refractivity contribution in [1.82, 2.24) is 14.1 Å². The minimum atomic E-state index is 0.978. The van der Waals surface area contributed by atoms with E-state index < -0.39 is 0 Å². The molecule has 3 nitrogen and oxygen atoms in total. The van der Waals surface area contributed by atoms with Crippen molar-refractivity contribution < 1.29 is 0 Å².